The topological polar surface area (TPSA) is 75.7 Å². The number of amides is 1. The van der Waals surface area contributed by atoms with Gasteiger partial charge in [0.15, 0.2) is 12.4 Å². The Balaban J connectivity index is 1.89. The molecule has 160 valence electrons. The summed E-state index contributed by atoms with van der Waals surface area (Å²) < 4.78 is 5.16. The van der Waals surface area contributed by atoms with E-state index in [9.17, 15) is 14.4 Å². The highest BCUT2D eigenvalue weighted by Gasteiger charge is 2.13. The maximum atomic E-state index is 12.3. The first-order valence-corrected chi connectivity index (χ1v) is 10.3. The second-order valence-electron chi connectivity index (χ2n) is 7.44. The van der Waals surface area contributed by atoms with Gasteiger partial charge in [-0.2, -0.15) is 0 Å². The van der Waals surface area contributed by atoms with Crippen molar-refractivity contribution < 1.29 is 19.1 Å². The molecule has 0 heterocycles. The highest BCUT2D eigenvalue weighted by Crippen LogP contribution is 2.16. The highest BCUT2D eigenvalue weighted by atomic mass is 16.5. The van der Waals surface area contributed by atoms with Gasteiger partial charge in [-0.1, -0.05) is 13.8 Å². The van der Waals surface area contributed by atoms with Crippen molar-refractivity contribution in [1.82, 2.24) is 0 Å². The van der Waals surface area contributed by atoms with E-state index >= 15 is 0 Å². The van der Waals surface area contributed by atoms with Crippen molar-refractivity contribution in [2.75, 3.05) is 29.9 Å². The molecule has 0 fully saturated rings. The molecule has 0 saturated heterocycles. The molecule has 0 aromatic heterocycles. The van der Waals surface area contributed by atoms with Crippen LogP contribution in [-0.2, 0) is 9.53 Å². The quantitative estimate of drug-likeness (QED) is 0.459. The van der Waals surface area contributed by atoms with Gasteiger partial charge in [0.05, 0.1) is 5.56 Å². The van der Waals surface area contributed by atoms with E-state index in [1.807, 2.05) is 26.0 Å². The fourth-order valence-corrected chi connectivity index (χ4v) is 3.02. The number of esters is 1. The molecule has 0 aliphatic rings. The SMILES string of the molecule is CCN(CC)c1ccc(C(=O)OCC(=O)c2ccc(NC(=O)CC(C)C)cc2)cc1. The number of hydrogen-bond donors (Lipinski definition) is 1. The molecule has 6 nitrogen and oxygen atoms in total. The predicted molar refractivity (Wildman–Crippen MR) is 119 cm³/mol. The summed E-state index contributed by atoms with van der Waals surface area (Å²) in [6.07, 6.45) is 0.437. The Morgan fingerprint density at radius 2 is 1.47 bits per heavy atom. The van der Waals surface area contributed by atoms with Crippen molar-refractivity contribution in [2.24, 2.45) is 5.92 Å². The van der Waals surface area contributed by atoms with Crippen LogP contribution in [-0.4, -0.2) is 37.4 Å². The van der Waals surface area contributed by atoms with Gasteiger partial charge in [-0.15, -0.1) is 0 Å². The van der Waals surface area contributed by atoms with Gasteiger partial charge in [0.2, 0.25) is 5.91 Å². The third kappa shape index (κ3) is 6.72. The van der Waals surface area contributed by atoms with Crippen LogP contribution in [0, 0.1) is 5.92 Å². The second kappa shape index (κ2) is 11.1. The zero-order valence-corrected chi connectivity index (χ0v) is 18.1. The normalized spacial score (nSPS) is 10.6. The number of Topliss-reactive ketones (excluding diaryl/α,β-unsaturated/α-hetero) is 1. The van der Waals surface area contributed by atoms with Crippen LogP contribution in [0.5, 0.6) is 0 Å². The summed E-state index contributed by atoms with van der Waals surface area (Å²) in [5, 5.41) is 2.79. The van der Waals surface area contributed by atoms with Gasteiger partial charge in [-0.05, 0) is 68.3 Å². The molecule has 2 aromatic rings. The maximum Gasteiger partial charge on any atom is 0.338 e. The molecule has 6 heteroatoms. The minimum atomic E-state index is -0.535. The highest BCUT2D eigenvalue weighted by molar-refractivity contribution is 6.00. The average Bonchev–Trinajstić information content (AvgIpc) is 2.73. The number of nitrogens with one attached hydrogen (secondary N) is 1. The summed E-state index contributed by atoms with van der Waals surface area (Å²) in [5.41, 5.74) is 2.49. The van der Waals surface area contributed by atoms with E-state index in [-0.39, 0.29) is 24.2 Å². The molecule has 0 bridgehead atoms. The molecule has 0 unspecified atom stereocenters. The van der Waals surface area contributed by atoms with E-state index in [1.165, 1.54) is 0 Å². The molecule has 30 heavy (non-hydrogen) atoms. The van der Waals surface area contributed by atoms with Crippen molar-refractivity contribution in [3.63, 3.8) is 0 Å². The molecule has 0 atom stereocenters. The summed E-state index contributed by atoms with van der Waals surface area (Å²) in [7, 11) is 0. The Hall–Kier alpha value is -3.15. The predicted octanol–water partition coefficient (Wildman–Crippen LogP) is 4.56. The van der Waals surface area contributed by atoms with Gasteiger partial charge in [0, 0.05) is 36.4 Å². The number of nitrogens with zero attached hydrogens (tertiary/aromatic N) is 1. The number of ether oxygens (including phenoxy) is 1. The molecule has 1 N–H and O–H groups in total. The fourth-order valence-electron chi connectivity index (χ4n) is 3.02. The Kier molecular flexibility index (Phi) is 8.59. The largest absolute Gasteiger partial charge is 0.454 e. The summed E-state index contributed by atoms with van der Waals surface area (Å²) in [4.78, 5) is 38.5. The molecule has 0 aliphatic carbocycles. The van der Waals surface area contributed by atoms with Crippen molar-refractivity contribution >= 4 is 29.0 Å². The van der Waals surface area contributed by atoms with Crippen LogP contribution >= 0.6 is 0 Å². The lowest BCUT2D eigenvalue weighted by Crippen LogP contribution is -2.21. The lowest BCUT2D eigenvalue weighted by atomic mass is 10.1. The van der Waals surface area contributed by atoms with Gasteiger partial charge >= 0.3 is 5.97 Å². The first kappa shape index (κ1) is 23.1. The van der Waals surface area contributed by atoms with E-state index in [0.717, 1.165) is 18.8 Å². The Morgan fingerprint density at radius 1 is 0.900 bits per heavy atom. The van der Waals surface area contributed by atoms with Gasteiger partial charge in [0.1, 0.15) is 0 Å². The standard InChI is InChI=1S/C24H30N2O4/c1-5-26(6-2)21-13-9-19(10-14-21)24(29)30-16-22(27)18-7-11-20(12-8-18)25-23(28)15-17(3)4/h7-14,17H,5-6,15-16H2,1-4H3,(H,25,28). The summed E-state index contributed by atoms with van der Waals surface area (Å²) in [6, 6.07) is 13.7. The summed E-state index contributed by atoms with van der Waals surface area (Å²) in [5.74, 6) is -0.630. The van der Waals surface area contributed by atoms with Crippen molar-refractivity contribution in [1.29, 1.82) is 0 Å². The minimum Gasteiger partial charge on any atom is -0.454 e. The monoisotopic (exact) mass is 410 g/mol. The summed E-state index contributed by atoms with van der Waals surface area (Å²) >= 11 is 0. The molecular formula is C24H30N2O4. The Morgan fingerprint density at radius 3 is 2.00 bits per heavy atom. The van der Waals surface area contributed by atoms with E-state index in [4.69, 9.17) is 4.74 Å². The average molecular weight is 411 g/mol. The number of anilines is 2. The van der Waals surface area contributed by atoms with Crippen LogP contribution in [0.1, 0.15) is 54.8 Å². The smallest absolute Gasteiger partial charge is 0.338 e. The molecular weight excluding hydrogens is 380 g/mol. The van der Waals surface area contributed by atoms with Gasteiger partial charge < -0.3 is 15.0 Å². The zero-order chi connectivity index (χ0) is 22.1. The Labute approximate surface area is 178 Å². The van der Waals surface area contributed by atoms with Crippen molar-refractivity contribution in [2.45, 2.75) is 34.1 Å². The number of hydrogen-bond acceptors (Lipinski definition) is 5. The van der Waals surface area contributed by atoms with E-state index in [2.05, 4.69) is 24.1 Å². The third-order valence-corrected chi connectivity index (χ3v) is 4.65. The lowest BCUT2D eigenvalue weighted by Gasteiger charge is -2.20. The van der Waals surface area contributed by atoms with Crippen molar-refractivity contribution in [3.8, 4) is 0 Å². The van der Waals surface area contributed by atoms with Crippen LogP contribution in [0.4, 0.5) is 11.4 Å². The first-order chi connectivity index (χ1) is 14.3. The van der Waals surface area contributed by atoms with E-state index in [0.29, 0.717) is 23.2 Å². The first-order valence-electron chi connectivity index (χ1n) is 10.3. The number of carbonyl (C=O) groups excluding carboxylic acids is 3. The zero-order valence-electron chi connectivity index (χ0n) is 18.1. The van der Waals surface area contributed by atoms with Crippen LogP contribution in [0.15, 0.2) is 48.5 Å². The molecule has 2 aromatic carbocycles. The fraction of sp³-hybridized carbons (Fsp3) is 0.375. The third-order valence-electron chi connectivity index (χ3n) is 4.65. The molecule has 0 aliphatic heterocycles. The molecule has 0 spiro atoms. The van der Waals surface area contributed by atoms with Crippen LogP contribution in [0.3, 0.4) is 0 Å². The van der Waals surface area contributed by atoms with Crippen LogP contribution in [0.2, 0.25) is 0 Å². The second-order valence-corrected chi connectivity index (χ2v) is 7.44. The maximum absolute atomic E-state index is 12.3. The van der Waals surface area contributed by atoms with Crippen molar-refractivity contribution in [3.05, 3.63) is 59.7 Å². The van der Waals surface area contributed by atoms with Gasteiger partial charge in [0.25, 0.3) is 0 Å². The van der Waals surface area contributed by atoms with E-state index < -0.39 is 5.97 Å². The molecule has 2 rings (SSSR count). The molecule has 0 saturated carbocycles. The number of rotatable bonds is 10. The van der Waals surface area contributed by atoms with Gasteiger partial charge in [-0.3, -0.25) is 9.59 Å². The summed E-state index contributed by atoms with van der Waals surface area (Å²) in [6.45, 7) is 9.52. The van der Waals surface area contributed by atoms with Gasteiger partial charge in [-0.25, -0.2) is 4.79 Å². The van der Waals surface area contributed by atoms with E-state index in [1.54, 1.807) is 36.4 Å². The molecule has 1 amide bonds. The Bertz CT molecular complexity index is 854. The lowest BCUT2D eigenvalue weighted by molar-refractivity contribution is -0.116. The minimum absolute atomic E-state index is 0.0648. The number of benzene rings is 2. The number of carbonyl (C=O) groups is 3. The number of ketones is 1. The van der Waals surface area contributed by atoms with Crippen LogP contribution < -0.4 is 10.2 Å². The van der Waals surface area contributed by atoms with Crippen LogP contribution in [0.25, 0.3) is 0 Å². The molecule has 0 radical (unpaired) electrons.